The molecule has 0 amide bonds. The van der Waals surface area contributed by atoms with E-state index >= 15 is 0 Å². The minimum atomic E-state index is 0.224. The summed E-state index contributed by atoms with van der Waals surface area (Å²) in [6.45, 7) is 4.76. The van der Waals surface area contributed by atoms with Crippen LogP contribution in [0.25, 0.3) is 0 Å². The van der Waals surface area contributed by atoms with Crippen LogP contribution in [0.5, 0.6) is 0 Å². The van der Waals surface area contributed by atoms with Gasteiger partial charge in [0.25, 0.3) is 0 Å². The highest BCUT2D eigenvalue weighted by molar-refractivity contribution is 7.10. The molecule has 0 unspecified atom stereocenters. The summed E-state index contributed by atoms with van der Waals surface area (Å²) in [5.74, 6) is 1.07. The standard InChI is InChI=1S/C18H20ClN3OS/c19-14-2-1-13-11-17-15(3-10-24-17)18(20-16(13)12-14)22-6-4-21(5-7-22)8-9-23/h1-3,10,12,23H,4-9,11H2. The third-order valence-corrected chi connectivity index (χ3v) is 5.86. The lowest BCUT2D eigenvalue weighted by Gasteiger charge is -2.36. The normalized spacial score (nSPS) is 17.9. The summed E-state index contributed by atoms with van der Waals surface area (Å²) in [6.07, 6.45) is 0.914. The molecule has 0 atom stereocenters. The summed E-state index contributed by atoms with van der Waals surface area (Å²) in [6, 6.07) is 8.19. The first-order chi connectivity index (χ1) is 11.7. The molecule has 0 aliphatic carbocycles. The zero-order valence-electron chi connectivity index (χ0n) is 13.4. The summed E-state index contributed by atoms with van der Waals surface area (Å²) in [5, 5.41) is 12.0. The van der Waals surface area contributed by atoms with Crippen LogP contribution in [0.1, 0.15) is 16.0 Å². The molecule has 1 fully saturated rings. The number of β-amino-alcohol motifs (C(OH)–C–C–N with tert-alkyl or cyclic N) is 1. The summed E-state index contributed by atoms with van der Waals surface area (Å²) < 4.78 is 0. The lowest BCUT2D eigenvalue weighted by atomic mass is 10.1. The van der Waals surface area contributed by atoms with Crippen LogP contribution in [0.4, 0.5) is 5.69 Å². The van der Waals surface area contributed by atoms with Crippen molar-refractivity contribution in [1.29, 1.82) is 0 Å². The molecule has 1 aromatic carbocycles. The van der Waals surface area contributed by atoms with E-state index in [1.807, 2.05) is 12.1 Å². The molecular weight excluding hydrogens is 342 g/mol. The maximum Gasteiger partial charge on any atom is 0.137 e. The molecule has 2 aliphatic heterocycles. The van der Waals surface area contributed by atoms with Gasteiger partial charge < -0.3 is 10.0 Å². The van der Waals surface area contributed by atoms with Crippen LogP contribution in [0.2, 0.25) is 5.02 Å². The number of nitrogens with zero attached hydrogens (tertiary/aromatic N) is 3. The number of hydrogen-bond donors (Lipinski definition) is 1. The first-order valence-electron chi connectivity index (χ1n) is 8.26. The van der Waals surface area contributed by atoms with Gasteiger partial charge in [0.05, 0.1) is 12.3 Å². The molecule has 6 heteroatoms. The minimum absolute atomic E-state index is 0.224. The predicted molar refractivity (Wildman–Crippen MR) is 99.9 cm³/mol. The second kappa shape index (κ2) is 6.84. The van der Waals surface area contributed by atoms with Gasteiger partial charge >= 0.3 is 0 Å². The Labute approximate surface area is 151 Å². The van der Waals surface area contributed by atoms with E-state index in [1.165, 1.54) is 16.0 Å². The number of halogens is 1. The zero-order chi connectivity index (χ0) is 16.5. The summed E-state index contributed by atoms with van der Waals surface area (Å²) in [7, 11) is 0. The number of aliphatic imine (C=N–C) groups is 1. The molecule has 1 saturated heterocycles. The second-order valence-electron chi connectivity index (χ2n) is 6.19. The SMILES string of the molecule is OCCN1CCN(C2=Nc3cc(Cl)ccc3Cc3sccc32)CC1. The molecule has 0 bridgehead atoms. The van der Waals surface area contributed by atoms with E-state index in [-0.39, 0.29) is 6.61 Å². The molecule has 0 spiro atoms. The fourth-order valence-corrected chi connectivity index (χ4v) is 4.44. The third kappa shape index (κ3) is 3.09. The number of piperazine rings is 1. The van der Waals surface area contributed by atoms with Gasteiger partial charge in [-0.25, -0.2) is 4.99 Å². The van der Waals surface area contributed by atoms with Gasteiger partial charge in [-0.1, -0.05) is 17.7 Å². The molecule has 4 nitrogen and oxygen atoms in total. The van der Waals surface area contributed by atoms with Gasteiger partial charge in [-0.05, 0) is 29.1 Å². The van der Waals surface area contributed by atoms with E-state index in [0.717, 1.165) is 55.7 Å². The van der Waals surface area contributed by atoms with Crippen molar-refractivity contribution >= 4 is 34.5 Å². The summed E-state index contributed by atoms with van der Waals surface area (Å²) in [4.78, 5) is 11.0. The lowest BCUT2D eigenvalue weighted by Crippen LogP contribution is -2.49. The largest absolute Gasteiger partial charge is 0.395 e. The molecule has 0 saturated carbocycles. The van der Waals surface area contributed by atoms with Crippen molar-refractivity contribution in [2.75, 3.05) is 39.3 Å². The Kier molecular flexibility index (Phi) is 4.59. The Morgan fingerprint density at radius 1 is 1.17 bits per heavy atom. The van der Waals surface area contributed by atoms with E-state index in [9.17, 15) is 0 Å². The Hall–Kier alpha value is -1.40. The molecule has 24 heavy (non-hydrogen) atoms. The summed E-state index contributed by atoms with van der Waals surface area (Å²) in [5.41, 5.74) is 3.47. The van der Waals surface area contributed by atoms with Gasteiger partial charge in [0.1, 0.15) is 5.84 Å². The van der Waals surface area contributed by atoms with Gasteiger partial charge in [0.15, 0.2) is 0 Å². The number of benzene rings is 1. The van der Waals surface area contributed by atoms with Gasteiger partial charge in [0.2, 0.25) is 0 Å². The van der Waals surface area contributed by atoms with E-state index in [2.05, 4.69) is 27.3 Å². The van der Waals surface area contributed by atoms with Crippen LogP contribution in [-0.4, -0.2) is 60.1 Å². The van der Waals surface area contributed by atoms with Gasteiger partial charge in [-0.15, -0.1) is 11.3 Å². The molecule has 3 heterocycles. The van der Waals surface area contributed by atoms with Crippen LogP contribution >= 0.6 is 22.9 Å². The fourth-order valence-electron chi connectivity index (χ4n) is 3.38. The minimum Gasteiger partial charge on any atom is -0.395 e. The molecule has 1 N–H and O–H groups in total. The Balaban J connectivity index is 1.68. The maximum atomic E-state index is 9.12. The van der Waals surface area contributed by atoms with E-state index < -0.39 is 0 Å². The van der Waals surface area contributed by atoms with E-state index in [4.69, 9.17) is 21.7 Å². The third-order valence-electron chi connectivity index (χ3n) is 4.70. The van der Waals surface area contributed by atoms with Crippen molar-refractivity contribution < 1.29 is 5.11 Å². The Bertz CT molecular complexity index is 765. The number of aliphatic hydroxyl groups is 1. The molecule has 2 aromatic rings. The van der Waals surface area contributed by atoms with Crippen LogP contribution in [0.3, 0.4) is 0 Å². The van der Waals surface area contributed by atoms with Crippen molar-refractivity contribution in [3.63, 3.8) is 0 Å². The number of hydrogen-bond acceptors (Lipinski definition) is 5. The van der Waals surface area contributed by atoms with Crippen LogP contribution in [-0.2, 0) is 6.42 Å². The van der Waals surface area contributed by atoms with Crippen molar-refractivity contribution in [3.8, 4) is 0 Å². The number of aliphatic hydroxyl groups excluding tert-OH is 1. The topological polar surface area (TPSA) is 39.1 Å². The van der Waals surface area contributed by atoms with Crippen molar-refractivity contribution in [2.24, 2.45) is 4.99 Å². The number of amidine groups is 1. The Morgan fingerprint density at radius 3 is 2.79 bits per heavy atom. The quantitative estimate of drug-likeness (QED) is 0.893. The first-order valence-corrected chi connectivity index (χ1v) is 9.52. The monoisotopic (exact) mass is 361 g/mol. The molecular formula is C18H20ClN3OS. The van der Waals surface area contributed by atoms with Crippen LogP contribution < -0.4 is 0 Å². The maximum absolute atomic E-state index is 9.12. The molecule has 1 aromatic heterocycles. The highest BCUT2D eigenvalue weighted by Gasteiger charge is 2.25. The number of rotatable bonds is 2. The van der Waals surface area contributed by atoms with Crippen LogP contribution in [0.15, 0.2) is 34.6 Å². The van der Waals surface area contributed by atoms with E-state index in [0.29, 0.717) is 0 Å². The highest BCUT2D eigenvalue weighted by atomic mass is 35.5. The average Bonchev–Trinajstić information content (AvgIpc) is 2.98. The second-order valence-corrected chi connectivity index (χ2v) is 7.63. The van der Waals surface area contributed by atoms with Crippen molar-refractivity contribution in [1.82, 2.24) is 9.80 Å². The van der Waals surface area contributed by atoms with Gasteiger partial charge in [-0.3, -0.25) is 4.90 Å². The van der Waals surface area contributed by atoms with E-state index in [1.54, 1.807) is 11.3 Å². The lowest BCUT2D eigenvalue weighted by molar-refractivity contribution is 0.147. The predicted octanol–water partition coefficient (Wildman–Crippen LogP) is 2.99. The van der Waals surface area contributed by atoms with Crippen molar-refractivity contribution in [2.45, 2.75) is 6.42 Å². The molecule has 0 radical (unpaired) electrons. The highest BCUT2D eigenvalue weighted by Crippen LogP contribution is 2.34. The van der Waals surface area contributed by atoms with Gasteiger partial charge in [-0.2, -0.15) is 0 Å². The summed E-state index contributed by atoms with van der Waals surface area (Å²) >= 11 is 7.99. The van der Waals surface area contributed by atoms with Gasteiger partial charge in [0, 0.05) is 54.6 Å². The smallest absolute Gasteiger partial charge is 0.137 e. The van der Waals surface area contributed by atoms with Crippen LogP contribution in [0, 0.1) is 0 Å². The average molecular weight is 362 g/mol. The Morgan fingerprint density at radius 2 is 2.00 bits per heavy atom. The van der Waals surface area contributed by atoms with Crippen molar-refractivity contribution in [3.05, 3.63) is 50.7 Å². The number of thiophene rings is 1. The molecule has 4 rings (SSSR count). The molecule has 2 aliphatic rings. The number of fused-ring (bicyclic) bond motifs is 2. The fraction of sp³-hybridized carbons (Fsp3) is 0.389. The first kappa shape index (κ1) is 16.1. The molecule has 126 valence electrons. The zero-order valence-corrected chi connectivity index (χ0v) is 15.0.